The lowest BCUT2D eigenvalue weighted by Crippen LogP contribution is -2.23. The third-order valence-corrected chi connectivity index (χ3v) is 4.30. The van der Waals surface area contributed by atoms with Crippen molar-refractivity contribution >= 4 is 11.8 Å². The van der Waals surface area contributed by atoms with E-state index >= 15 is 0 Å². The van der Waals surface area contributed by atoms with E-state index in [2.05, 4.69) is 19.2 Å². The predicted octanol–water partition coefficient (Wildman–Crippen LogP) is 4.75. The lowest BCUT2D eigenvalue weighted by Gasteiger charge is -2.19. The summed E-state index contributed by atoms with van der Waals surface area (Å²) in [7, 11) is 0. The average Bonchev–Trinajstić information content (AvgIpc) is 2.36. The minimum atomic E-state index is -4.27. The quantitative estimate of drug-likeness (QED) is 0.780. The molecule has 114 valence electrons. The maximum Gasteiger partial charge on any atom is 0.416 e. The molecule has 1 rings (SSSR count). The van der Waals surface area contributed by atoms with Gasteiger partial charge in [0.15, 0.2) is 0 Å². The molecule has 0 bridgehead atoms. The zero-order chi connectivity index (χ0) is 15.2. The van der Waals surface area contributed by atoms with E-state index < -0.39 is 11.7 Å². The van der Waals surface area contributed by atoms with Crippen LogP contribution in [0.1, 0.15) is 37.9 Å². The molecule has 1 atom stereocenters. The molecule has 0 saturated carbocycles. The maximum absolute atomic E-state index is 12.5. The molecule has 0 radical (unpaired) electrons. The molecule has 0 spiro atoms. The zero-order valence-electron chi connectivity index (χ0n) is 12.1. The molecule has 0 aliphatic heterocycles. The molecule has 0 aromatic heterocycles. The van der Waals surface area contributed by atoms with Gasteiger partial charge >= 0.3 is 6.18 Å². The highest BCUT2D eigenvalue weighted by Crippen LogP contribution is 2.30. The first-order valence-corrected chi connectivity index (χ1v) is 7.98. The van der Waals surface area contributed by atoms with Crippen molar-refractivity contribution in [2.45, 2.75) is 33.0 Å². The molecule has 5 heteroatoms. The molecular weight excluding hydrogens is 283 g/mol. The van der Waals surface area contributed by atoms with E-state index in [-0.39, 0.29) is 6.04 Å². The van der Waals surface area contributed by atoms with Gasteiger partial charge in [-0.25, -0.2) is 0 Å². The number of benzene rings is 1. The molecule has 0 aliphatic carbocycles. The molecule has 1 unspecified atom stereocenters. The highest BCUT2D eigenvalue weighted by Gasteiger charge is 2.30. The Morgan fingerprint density at radius 3 is 2.15 bits per heavy atom. The van der Waals surface area contributed by atoms with Gasteiger partial charge in [-0.15, -0.1) is 0 Å². The van der Waals surface area contributed by atoms with Crippen LogP contribution in [0.3, 0.4) is 0 Å². The van der Waals surface area contributed by atoms with Gasteiger partial charge in [-0.1, -0.05) is 32.9 Å². The van der Waals surface area contributed by atoms with Gasteiger partial charge in [0, 0.05) is 11.8 Å². The van der Waals surface area contributed by atoms with Crippen molar-refractivity contribution in [1.29, 1.82) is 0 Å². The molecule has 1 aromatic rings. The van der Waals surface area contributed by atoms with Crippen LogP contribution in [-0.4, -0.2) is 18.1 Å². The van der Waals surface area contributed by atoms with Crippen molar-refractivity contribution in [3.8, 4) is 0 Å². The summed E-state index contributed by atoms with van der Waals surface area (Å²) < 4.78 is 37.6. The fraction of sp³-hybridized carbons (Fsp3) is 0.600. The van der Waals surface area contributed by atoms with Crippen molar-refractivity contribution < 1.29 is 13.2 Å². The van der Waals surface area contributed by atoms with Crippen molar-refractivity contribution in [2.75, 3.05) is 18.1 Å². The van der Waals surface area contributed by atoms with E-state index in [9.17, 15) is 13.2 Å². The molecule has 20 heavy (non-hydrogen) atoms. The first-order valence-electron chi connectivity index (χ1n) is 6.82. The van der Waals surface area contributed by atoms with Gasteiger partial charge in [-0.2, -0.15) is 24.9 Å². The van der Waals surface area contributed by atoms with Crippen LogP contribution in [0.4, 0.5) is 13.2 Å². The Morgan fingerprint density at radius 1 is 1.10 bits per heavy atom. The summed E-state index contributed by atoms with van der Waals surface area (Å²) in [6, 6.07) is 5.57. The summed E-state index contributed by atoms with van der Waals surface area (Å²) in [5.41, 5.74) is 0.322. The normalized spacial score (nSPS) is 13.8. The van der Waals surface area contributed by atoms with Crippen LogP contribution in [0.15, 0.2) is 24.3 Å². The molecule has 0 fully saturated rings. The Hall–Kier alpha value is -0.680. The predicted molar refractivity (Wildman–Crippen MR) is 80.0 cm³/mol. The van der Waals surface area contributed by atoms with Crippen LogP contribution in [0.2, 0.25) is 0 Å². The van der Waals surface area contributed by atoms with Crippen LogP contribution in [0.25, 0.3) is 0 Å². The van der Waals surface area contributed by atoms with E-state index in [1.165, 1.54) is 0 Å². The number of hydrogen-bond acceptors (Lipinski definition) is 2. The summed E-state index contributed by atoms with van der Waals surface area (Å²) in [6.45, 7) is 7.12. The van der Waals surface area contributed by atoms with Crippen LogP contribution >= 0.6 is 11.8 Å². The van der Waals surface area contributed by atoms with Gasteiger partial charge < -0.3 is 5.32 Å². The highest BCUT2D eigenvalue weighted by molar-refractivity contribution is 7.99. The zero-order valence-corrected chi connectivity index (χ0v) is 12.9. The standard InChI is InChI=1S/C15H22F3NS/c1-4-19-14(10-20-9-11(2)3)12-5-7-13(8-6-12)15(16,17)18/h5-8,11,14,19H,4,9-10H2,1-3H3. The van der Waals surface area contributed by atoms with Crippen molar-refractivity contribution in [3.63, 3.8) is 0 Å². The van der Waals surface area contributed by atoms with Crippen LogP contribution < -0.4 is 5.32 Å². The van der Waals surface area contributed by atoms with Crippen molar-refractivity contribution in [3.05, 3.63) is 35.4 Å². The lowest BCUT2D eigenvalue weighted by molar-refractivity contribution is -0.137. The Balaban J connectivity index is 2.71. The Bertz CT molecular complexity index is 387. The number of halogens is 3. The molecule has 0 heterocycles. The Kier molecular flexibility index (Phi) is 6.89. The largest absolute Gasteiger partial charge is 0.416 e. The smallest absolute Gasteiger partial charge is 0.310 e. The summed E-state index contributed by atoms with van der Waals surface area (Å²) in [5.74, 6) is 2.55. The fourth-order valence-corrected chi connectivity index (χ4v) is 3.00. The maximum atomic E-state index is 12.5. The molecule has 0 amide bonds. The fourth-order valence-electron chi connectivity index (χ4n) is 1.85. The third-order valence-electron chi connectivity index (χ3n) is 2.83. The van der Waals surface area contributed by atoms with Crippen LogP contribution in [0.5, 0.6) is 0 Å². The highest BCUT2D eigenvalue weighted by atomic mass is 32.2. The number of thioether (sulfide) groups is 1. The van der Waals surface area contributed by atoms with Crippen LogP contribution in [-0.2, 0) is 6.18 Å². The van der Waals surface area contributed by atoms with E-state index in [0.29, 0.717) is 5.92 Å². The van der Waals surface area contributed by atoms with Gasteiger partial charge in [0.25, 0.3) is 0 Å². The van der Waals surface area contributed by atoms with Crippen molar-refractivity contribution in [2.24, 2.45) is 5.92 Å². The first-order chi connectivity index (χ1) is 9.34. The number of alkyl halides is 3. The van der Waals surface area contributed by atoms with E-state index in [1.54, 1.807) is 12.1 Å². The second-order valence-electron chi connectivity index (χ2n) is 5.16. The Labute approximate surface area is 123 Å². The van der Waals surface area contributed by atoms with E-state index in [4.69, 9.17) is 0 Å². The molecule has 1 aromatic carbocycles. The second-order valence-corrected chi connectivity index (χ2v) is 6.24. The SMILES string of the molecule is CCNC(CSCC(C)C)c1ccc(C(F)(F)F)cc1. The summed E-state index contributed by atoms with van der Waals surface area (Å²) >= 11 is 1.83. The van der Waals surface area contributed by atoms with Crippen LogP contribution in [0, 0.1) is 5.92 Å². The molecule has 0 aliphatic rings. The monoisotopic (exact) mass is 305 g/mol. The number of rotatable bonds is 7. The molecule has 0 saturated heterocycles. The minimum absolute atomic E-state index is 0.103. The van der Waals surface area contributed by atoms with Gasteiger partial charge in [0.2, 0.25) is 0 Å². The minimum Gasteiger partial charge on any atom is -0.310 e. The molecular formula is C15H22F3NS. The Morgan fingerprint density at radius 2 is 1.70 bits per heavy atom. The first kappa shape index (κ1) is 17.4. The second kappa shape index (κ2) is 7.93. The lowest BCUT2D eigenvalue weighted by atomic mass is 10.1. The van der Waals surface area contributed by atoms with Crippen molar-refractivity contribution in [1.82, 2.24) is 5.32 Å². The molecule has 1 N–H and O–H groups in total. The van der Waals surface area contributed by atoms with E-state index in [1.807, 2.05) is 18.7 Å². The summed E-state index contributed by atoms with van der Waals surface area (Å²) in [6.07, 6.45) is -4.27. The van der Waals surface area contributed by atoms with Gasteiger partial charge in [0.05, 0.1) is 5.56 Å². The number of nitrogens with one attached hydrogen (secondary N) is 1. The topological polar surface area (TPSA) is 12.0 Å². The van der Waals surface area contributed by atoms with Gasteiger partial charge in [0.1, 0.15) is 0 Å². The van der Waals surface area contributed by atoms with Gasteiger partial charge in [-0.3, -0.25) is 0 Å². The average molecular weight is 305 g/mol. The summed E-state index contributed by atoms with van der Waals surface area (Å²) in [4.78, 5) is 0. The summed E-state index contributed by atoms with van der Waals surface area (Å²) in [5, 5.41) is 3.33. The van der Waals surface area contributed by atoms with E-state index in [0.717, 1.165) is 35.7 Å². The third kappa shape index (κ3) is 5.75. The van der Waals surface area contributed by atoms with Gasteiger partial charge in [-0.05, 0) is 35.9 Å². The number of hydrogen-bond donors (Lipinski definition) is 1. The molecule has 1 nitrogen and oxygen atoms in total.